The van der Waals surface area contributed by atoms with E-state index in [-0.39, 0.29) is 24.2 Å². The van der Waals surface area contributed by atoms with E-state index in [1.807, 2.05) is 26.0 Å². The Morgan fingerprint density at radius 2 is 1.82 bits per heavy atom. The molecule has 0 unspecified atom stereocenters. The maximum atomic E-state index is 13.3. The predicted octanol–water partition coefficient (Wildman–Crippen LogP) is 6.41. The molecule has 3 aromatic rings. The Hall–Kier alpha value is -2.04. The lowest BCUT2D eigenvalue weighted by Gasteiger charge is -2.14. The van der Waals surface area contributed by atoms with Gasteiger partial charge in [-0.25, -0.2) is 9.78 Å². The van der Waals surface area contributed by atoms with Crippen LogP contribution >= 0.6 is 47.8 Å². The number of carbonyl (C=O) groups excluding carboxylic acids is 1. The van der Waals surface area contributed by atoms with Crippen molar-refractivity contribution >= 4 is 70.9 Å². The van der Waals surface area contributed by atoms with Gasteiger partial charge >= 0.3 is 5.97 Å². The number of fused-ring (bicyclic) bond motifs is 1. The van der Waals surface area contributed by atoms with Crippen LogP contribution in [-0.4, -0.2) is 34.6 Å². The zero-order chi connectivity index (χ0) is 25.0. The molecule has 1 heterocycles. The van der Waals surface area contributed by atoms with Gasteiger partial charge in [-0.15, -0.1) is 0 Å². The molecule has 0 aliphatic heterocycles. The highest BCUT2D eigenvalue weighted by atomic mass is 79.9. The quantitative estimate of drug-likeness (QED) is 0.207. The molecule has 0 radical (unpaired) electrons. The highest BCUT2D eigenvalue weighted by molar-refractivity contribution is 9.11. The van der Waals surface area contributed by atoms with Crippen LogP contribution in [-0.2, 0) is 9.53 Å². The summed E-state index contributed by atoms with van der Waals surface area (Å²) in [6, 6.07) is 9.02. The summed E-state index contributed by atoms with van der Waals surface area (Å²) >= 11 is 10.4. The number of rotatable bonds is 8. The van der Waals surface area contributed by atoms with E-state index in [9.17, 15) is 9.59 Å². The molecule has 1 atom stereocenters. The molecule has 34 heavy (non-hydrogen) atoms. The minimum Gasteiger partial charge on any atom is -0.480 e. The van der Waals surface area contributed by atoms with Crippen LogP contribution in [0.3, 0.4) is 0 Å². The van der Waals surface area contributed by atoms with Crippen LogP contribution in [0, 0.1) is 0 Å². The largest absolute Gasteiger partial charge is 0.480 e. The van der Waals surface area contributed by atoms with Crippen molar-refractivity contribution in [3.05, 3.63) is 65.5 Å². The molecule has 0 aliphatic carbocycles. The van der Waals surface area contributed by atoms with Gasteiger partial charge in [0, 0.05) is 10.4 Å². The van der Waals surface area contributed by atoms with Crippen LogP contribution in [0.2, 0.25) is 0 Å². The van der Waals surface area contributed by atoms with Gasteiger partial charge in [-0.1, -0.05) is 29.8 Å². The van der Waals surface area contributed by atoms with Gasteiger partial charge in [-0.05, 0) is 88.0 Å². The number of aromatic nitrogens is 2. The number of hydrogen-bond acceptors (Lipinski definition) is 6. The molecule has 7 nitrogen and oxygen atoms in total. The Labute approximate surface area is 222 Å². The number of hydrogen-bond donors (Lipinski definition) is 0. The van der Waals surface area contributed by atoms with Crippen LogP contribution in [0.25, 0.3) is 10.9 Å². The van der Waals surface area contributed by atoms with Crippen LogP contribution in [0.15, 0.2) is 53.6 Å². The highest BCUT2D eigenvalue weighted by Gasteiger charge is 2.16. The minimum absolute atomic E-state index is 0.0396. The molecule has 1 aromatic heterocycles. The molecule has 0 N–H and O–H groups in total. The molecule has 2 aromatic carbocycles. The summed E-state index contributed by atoms with van der Waals surface area (Å²) < 4.78 is 14.1. The Kier molecular flexibility index (Phi) is 9.06. The SMILES string of the molecule is CC[C@@H](C)c1nc2ccc(Br)cc2c(=O)n1N=Cc1cc(Br)c(OCC(=O)OC(C)C)c(Br)c1. The van der Waals surface area contributed by atoms with Crippen molar-refractivity contribution in [3.8, 4) is 5.75 Å². The first-order chi connectivity index (χ1) is 16.1. The monoisotopic (exact) mass is 655 g/mol. The maximum absolute atomic E-state index is 13.3. The third-order valence-electron chi connectivity index (χ3n) is 4.93. The lowest BCUT2D eigenvalue weighted by molar-refractivity contribution is -0.149. The zero-order valence-electron chi connectivity index (χ0n) is 19.1. The minimum atomic E-state index is -0.452. The number of esters is 1. The smallest absolute Gasteiger partial charge is 0.344 e. The van der Waals surface area contributed by atoms with Crippen molar-refractivity contribution in [1.29, 1.82) is 0 Å². The summed E-state index contributed by atoms with van der Waals surface area (Å²) in [4.78, 5) is 29.8. The third-order valence-corrected chi connectivity index (χ3v) is 6.60. The molecule has 3 rings (SSSR count). The first-order valence-corrected chi connectivity index (χ1v) is 13.1. The fraction of sp³-hybridized carbons (Fsp3) is 0.333. The molecule has 0 saturated heterocycles. The van der Waals surface area contributed by atoms with Crippen molar-refractivity contribution in [2.75, 3.05) is 6.61 Å². The summed E-state index contributed by atoms with van der Waals surface area (Å²) in [5.41, 5.74) is 1.12. The lowest BCUT2D eigenvalue weighted by Crippen LogP contribution is -2.23. The standard InChI is InChI=1S/C24H24Br3N3O4/c1-5-14(4)23-29-20-7-6-16(25)10-17(20)24(32)30(23)28-11-15-8-18(26)22(19(27)9-15)33-12-21(31)34-13(2)3/h6-11,13-14H,5,12H2,1-4H3/t14-/m1/s1. The molecule has 0 spiro atoms. The molecular formula is C24H24Br3N3O4. The molecule has 10 heteroatoms. The van der Waals surface area contributed by atoms with Gasteiger partial charge in [0.1, 0.15) is 11.6 Å². The van der Waals surface area contributed by atoms with Crippen molar-refractivity contribution in [2.24, 2.45) is 5.10 Å². The molecule has 0 bridgehead atoms. The van der Waals surface area contributed by atoms with Gasteiger partial charge in [0.2, 0.25) is 0 Å². The number of halogens is 3. The Bertz CT molecular complexity index is 1280. The molecule has 0 saturated carbocycles. The lowest BCUT2D eigenvalue weighted by atomic mass is 10.1. The van der Waals surface area contributed by atoms with Gasteiger partial charge < -0.3 is 9.47 Å². The van der Waals surface area contributed by atoms with E-state index in [4.69, 9.17) is 14.5 Å². The van der Waals surface area contributed by atoms with Gasteiger partial charge in [-0.2, -0.15) is 9.78 Å². The molecule has 0 aliphatic rings. The van der Waals surface area contributed by atoms with E-state index in [0.717, 1.165) is 10.9 Å². The Balaban J connectivity index is 1.96. The van der Waals surface area contributed by atoms with E-state index in [1.165, 1.54) is 4.68 Å². The second-order valence-corrected chi connectivity index (χ2v) is 10.6. The van der Waals surface area contributed by atoms with E-state index < -0.39 is 5.97 Å². The highest BCUT2D eigenvalue weighted by Crippen LogP contribution is 2.34. The Morgan fingerprint density at radius 1 is 1.15 bits per heavy atom. The second kappa shape index (κ2) is 11.6. The summed E-state index contributed by atoms with van der Waals surface area (Å²) in [6.45, 7) is 7.40. The first kappa shape index (κ1) is 26.6. The summed E-state index contributed by atoms with van der Waals surface area (Å²) in [5.74, 6) is 0.650. The molecule has 180 valence electrons. The fourth-order valence-electron chi connectivity index (χ4n) is 3.12. The summed E-state index contributed by atoms with van der Waals surface area (Å²) in [7, 11) is 0. The topological polar surface area (TPSA) is 82.8 Å². The van der Waals surface area contributed by atoms with Crippen molar-refractivity contribution < 1.29 is 14.3 Å². The van der Waals surface area contributed by atoms with Gasteiger partial charge in [0.05, 0.1) is 32.2 Å². The average molecular weight is 658 g/mol. The molecule has 0 amide bonds. The van der Waals surface area contributed by atoms with Gasteiger partial charge in [0.15, 0.2) is 6.61 Å². The van der Waals surface area contributed by atoms with E-state index in [1.54, 1.807) is 38.3 Å². The van der Waals surface area contributed by atoms with E-state index in [0.29, 0.717) is 37.0 Å². The summed E-state index contributed by atoms with van der Waals surface area (Å²) in [6.07, 6.45) is 2.19. The number of ether oxygens (including phenoxy) is 2. The fourth-order valence-corrected chi connectivity index (χ4v) is 4.94. The zero-order valence-corrected chi connectivity index (χ0v) is 23.9. The summed E-state index contributed by atoms with van der Waals surface area (Å²) in [5, 5.41) is 4.97. The Morgan fingerprint density at radius 3 is 2.44 bits per heavy atom. The van der Waals surface area contributed by atoms with Crippen LogP contribution < -0.4 is 10.3 Å². The van der Waals surface area contributed by atoms with Crippen LogP contribution in [0.5, 0.6) is 5.75 Å². The van der Waals surface area contributed by atoms with Crippen molar-refractivity contribution in [2.45, 2.75) is 46.1 Å². The first-order valence-electron chi connectivity index (χ1n) is 10.7. The molecule has 0 fully saturated rings. The average Bonchev–Trinajstić information content (AvgIpc) is 2.77. The number of benzene rings is 2. The molecular weight excluding hydrogens is 634 g/mol. The number of nitrogens with zero attached hydrogens (tertiary/aromatic N) is 3. The van der Waals surface area contributed by atoms with Crippen molar-refractivity contribution in [3.63, 3.8) is 0 Å². The van der Waals surface area contributed by atoms with E-state index in [2.05, 4.69) is 52.9 Å². The third kappa shape index (κ3) is 6.34. The van der Waals surface area contributed by atoms with E-state index >= 15 is 0 Å². The van der Waals surface area contributed by atoms with Crippen LogP contribution in [0.4, 0.5) is 0 Å². The predicted molar refractivity (Wildman–Crippen MR) is 144 cm³/mol. The normalized spacial score (nSPS) is 12.5. The van der Waals surface area contributed by atoms with Crippen molar-refractivity contribution in [1.82, 2.24) is 9.66 Å². The van der Waals surface area contributed by atoms with Gasteiger partial charge in [0.25, 0.3) is 5.56 Å². The number of carbonyl (C=O) groups is 1. The van der Waals surface area contributed by atoms with Crippen LogP contribution in [0.1, 0.15) is 51.4 Å². The second-order valence-electron chi connectivity index (χ2n) is 7.94. The maximum Gasteiger partial charge on any atom is 0.344 e. The van der Waals surface area contributed by atoms with Gasteiger partial charge in [-0.3, -0.25) is 4.79 Å².